The highest BCUT2D eigenvalue weighted by Gasteiger charge is 2.20. The zero-order chi connectivity index (χ0) is 18.6. The third-order valence-corrected chi connectivity index (χ3v) is 5.65. The van der Waals surface area contributed by atoms with Gasteiger partial charge in [-0.1, -0.05) is 29.5 Å². The minimum atomic E-state index is -0.426. The molecule has 1 aliphatic heterocycles. The molecule has 2 aromatic carbocycles. The smallest absolute Gasteiger partial charge is 0.349 e. The standard InChI is InChI=1S/C20H21N3O3S/c1-22-9-11-23(12-10-22)20-21-17-8-7-16(13-18(17)27-20)26-19(24)14-25-15-5-3-2-4-6-15/h2-8,13H,9-12,14H2,1H3/p+1. The summed E-state index contributed by atoms with van der Waals surface area (Å²) in [7, 11) is 2.22. The Bertz CT molecular complexity index is 921. The summed E-state index contributed by atoms with van der Waals surface area (Å²) in [6.07, 6.45) is 0. The number of nitrogens with zero attached hydrogens (tertiary/aromatic N) is 2. The highest BCUT2D eigenvalue weighted by atomic mass is 32.1. The highest BCUT2D eigenvalue weighted by Crippen LogP contribution is 2.31. The van der Waals surface area contributed by atoms with E-state index in [0.29, 0.717) is 11.5 Å². The summed E-state index contributed by atoms with van der Waals surface area (Å²) in [5, 5.41) is 1.04. The number of quaternary nitrogens is 1. The summed E-state index contributed by atoms with van der Waals surface area (Å²) in [4.78, 5) is 20.6. The minimum absolute atomic E-state index is 0.125. The number of hydrogen-bond donors (Lipinski definition) is 1. The van der Waals surface area contributed by atoms with E-state index < -0.39 is 5.97 Å². The summed E-state index contributed by atoms with van der Waals surface area (Å²) in [5.41, 5.74) is 0.932. The first-order chi connectivity index (χ1) is 13.2. The molecule has 1 N–H and O–H groups in total. The Morgan fingerprint density at radius 1 is 1.15 bits per heavy atom. The second kappa shape index (κ2) is 7.94. The van der Waals surface area contributed by atoms with Gasteiger partial charge < -0.3 is 19.3 Å². The fourth-order valence-electron chi connectivity index (χ4n) is 2.99. The zero-order valence-corrected chi connectivity index (χ0v) is 16.0. The average molecular weight is 384 g/mol. The SMILES string of the molecule is C[NH+]1CCN(c2nc3ccc(OC(=O)COc4ccccc4)cc3s2)CC1. The molecule has 1 aliphatic rings. The number of piperazine rings is 1. The van der Waals surface area contributed by atoms with E-state index in [1.165, 1.54) is 0 Å². The van der Waals surface area contributed by atoms with Gasteiger partial charge in [0.15, 0.2) is 11.7 Å². The number of thiazole rings is 1. The molecular formula is C20H22N3O3S+. The lowest BCUT2D eigenvalue weighted by Gasteiger charge is -2.29. The molecule has 4 rings (SSSR count). The number of ether oxygens (including phenoxy) is 2. The number of hydrogen-bond acceptors (Lipinski definition) is 6. The number of rotatable bonds is 5. The van der Waals surface area contributed by atoms with Crippen LogP contribution in [0.5, 0.6) is 11.5 Å². The molecule has 3 aromatic rings. The van der Waals surface area contributed by atoms with Gasteiger partial charge in [0.2, 0.25) is 0 Å². The van der Waals surface area contributed by atoms with E-state index in [1.807, 2.05) is 30.3 Å². The summed E-state index contributed by atoms with van der Waals surface area (Å²) < 4.78 is 11.9. The normalized spacial score (nSPS) is 15.1. The number of carbonyl (C=O) groups is 1. The van der Waals surface area contributed by atoms with Gasteiger partial charge >= 0.3 is 5.97 Å². The topological polar surface area (TPSA) is 56.1 Å². The molecule has 0 saturated carbocycles. The van der Waals surface area contributed by atoms with Gasteiger partial charge in [0.05, 0.1) is 43.4 Å². The Morgan fingerprint density at radius 2 is 1.93 bits per heavy atom. The number of esters is 1. The molecular weight excluding hydrogens is 362 g/mol. The monoisotopic (exact) mass is 384 g/mol. The molecule has 27 heavy (non-hydrogen) atoms. The van der Waals surface area contributed by atoms with Crippen LogP contribution in [0.2, 0.25) is 0 Å². The van der Waals surface area contributed by atoms with Crippen LogP contribution in [-0.2, 0) is 4.79 Å². The third kappa shape index (κ3) is 4.37. The van der Waals surface area contributed by atoms with Gasteiger partial charge in [-0.2, -0.15) is 0 Å². The van der Waals surface area contributed by atoms with Gasteiger partial charge in [-0.3, -0.25) is 0 Å². The van der Waals surface area contributed by atoms with E-state index in [-0.39, 0.29) is 6.61 Å². The Kier molecular flexibility index (Phi) is 5.22. The van der Waals surface area contributed by atoms with Crippen LogP contribution in [0.25, 0.3) is 10.2 Å². The van der Waals surface area contributed by atoms with E-state index in [0.717, 1.165) is 41.5 Å². The Balaban J connectivity index is 1.40. The van der Waals surface area contributed by atoms with Gasteiger partial charge in [-0.25, -0.2) is 9.78 Å². The first-order valence-corrected chi connectivity index (χ1v) is 9.84. The molecule has 7 heteroatoms. The van der Waals surface area contributed by atoms with Gasteiger partial charge in [0, 0.05) is 6.07 Å². The maximum atomic E-state index is 12.0. The quantitative estimate of drug-likeness (QED) is 0.535. The second-order valence-electron chi connectivity index (χ2n) is 6.65. The van der Waals surface area contributed by atoms with E-state index >= 15 is 0 Å². The third-order valence-electron chi connectivity index (χ3n) is 4.57. The summed E-state index contributed by atoms with van der Waals surface area (Å²) in [6.45, 7) is 4.16. The van der Waals surface area contributed by atoms with Gasteiger partial charge in [0.1, 0.15) is 11.5 Å². The van der Waals surface area contributed by atoms with Crippen molar-refractivity contribution in [2.75, 3.05) is 44.7 Å². The zero-order valence-electron chi connectivity index (χ0n) is 15.2. The first kappa shape index (κ1) is 17.8. The number of benzene rings is 2. The lowest BCUT2D eigenvalue weighted by molar-refractivity contribution is -0.880. The molecule has 1 aromatic heterocycles. The molecule has 0 amide bonds. The number of nitrogens with one attached hydrogen (secondary N) is 1. The van der Waals surface area contributed by atoms with E-state index in [4.69, 9.17) is 14.5 Å². The Morgan fingerprint density at radius 3 is 2.70 bits per heavy atom. The predicted molar refractivity (Wildman–Crippen MR) is 106 cm³/mol. The highest BCUT2D eigenvalue weighted by molar-refractivity contribution is 7.22. The molecule has 0 atom stereocenters. The van der Waals surface area contributed by atoms with E-state index in [1.54, 1.807) is 34.4 Å². The first-order valence-electron chi connectivity index (χ1n) is 9.03. The molecule has 1 saturated heterocycles. The Labute approximate surface area is 161 Å². The van der Waals surface area contributed by atoms with Crippen LogP contribution in [0.3, 0.4) is 0 Å². The lowest BCUT2D eigenvalue weighted by atomic mass is 10.3. The molecule has 0 aliphatic carbocycles. The molecule has 0 spiro atoms. The maximum absolute atomic E-state index is 12.0. The van der Waals surface area contributed by atoms with E-state index in [2.05, 4.69) is 11.9 Å². The number of anilines is 1. The second-order valence-corrected chi connectivity index (χ2v) is 7.66. The van der Waals surface area contributed by atoms with Crippen LogP contribution >= 0.6 is 11.3 Å². The van der Waals surface area contributed by atoms with Crippen LogP contribution in [-0.4, -0.2) is 50.8 Å². The van der Waals surface area contributed by atoms with Crippen molar-refractivity contribution in [2.24, 2.45) is 0 Å². The lowest BCUT2D eigenvalue weighted by Crippen LogP contribution is -3.12. The molecule has 140 valence electrons. The van der Waals surface area contributed by atoms with Crippen molar-refractivity contribution in [3.05, 3.63) is 48.5 Å². The van der Waals surface area contributed by atoms with Crippen LogP contribution in [0.15, 0.2) is 48.5 Å². The number of fused-ring (bicyclic) bond motifs is 1. The average Bonchev–Trinajstić information content (AvgIpc) is 3.11. The van der Waals surface area contributed by atoms with Crippen molar-refractivity contribution in [1.29, 1.82) is 0 Å². The molecule has 2 heterocycles. The van der Waals surface area contributed by atoms with Crippen molar-refractivity contribution in [2.45, 2.75) is 0 Å². The van der Waals surface area contributed by atoms with Crippen molar-refractivity contribution >= 4 is 32.7 Å². The van der Waals surface area contributed by atoms with E-state index in [9.17, 15) is 4.79 Å². The number of aromatic nitrogens is 1. The summed E-state index contributed by atoms with van der Waals surface area (Å²) in [5.74, 6) is 0.734. The van der Waals surface area contributed by atoms with Gasteiger partial charge in [0.25, 0.3) is 0 Å². The summed E-state index contributed by atoms with van der Waals surface area (Å²) in [6, 6.07) is 14.8. The van der Waals surface area contributed by atoms with Crippen molar-refractivity contribution in [3.8, 4) is 11.5 Å². The van der Waals surface area contributed by atoms with Gasteiger partial charge in [-0.05, 0) is 24.3 Å². The number of likely N-dealkylation sites (N-methyl/N-ethyl adjacent to an activating group) is 1. The number of para-hydroxylation sites is 1. The van der Waals surface area contributed by atoms with Crippen molar-refractivity contribution in [3.63, 3.8) is 0 Å². The van der Waals surface area contributed by atoms with Crippen LogP contribution in [0, 0.1) is 0 Å². The largest absolute Gasteiger partial charge is 0.482 e. The predicted octanol–water partition coefficient (Wildman–Crippen LogP) is 1.62. The molecule has 0 radical (unpaired) electrons. The molecule has 1 fully saturated rings. The summed E-state index contributed by atoms with van der Waals surface area (Å²) >= 11 is 1.64. The maximum Gasteiger partial charge on any atom is 0.349 e. The van der Waals surface area contributed by atoms with Crippen LogP contribution in [0.1, 0.15) is 0 Å². The molecule has 6 nitrogen and oxygen atoms in total. The van der Waals surface area contributed by atoms with Crippen molar-refractivity contribution < 1.29 is 19.2 Å². The van der Waals surface area contributed by atoms with Crippen molar-refractivity contribution in [1.82, 2.24) is 4.98 Å². The minimum Gasteiger partial charge on any atom is -0.482 e. The van der Waals surface area contributed by atoms with Crippen LogP contribution < -0.4 is 19.3 Å². The number of carbonyl (C=O) groups excluding carboxylic acids is 1. The fourth-order valence-corrected chi connectivity index (χ4v) is 4.04. The molecule has 0 unspecified atom stereocenters. The molecule has 0 bridgehead atoms. The van der Waals surface area contributed by atoms with Gasteiger partial charge in [-0.15, -0.1) is 0 Å². The Hall–Kier alpha value is -2.64. The van der Waals surface area contributed by atoms with Crippen LogP contribution in [0.4, 0.5) is 5.13 Å². The fraction of sp³-hybridized carbons (Fsp3) is 0.300.